The second-order valence-electron chi connectivity index (χ2n) is 9.01. The maximum atomic E-state index is 14.1. The minimum Gasteiger partial charge on any atom is -0.496 e. The summed E-state index contributed by atoms with van der Waals surface area (Å²) < 4.78 is 26.0. The smallest absolute Gasteiger partial charge is 0.339 e. The first-order valence-electron chi connectivity index (χ1n) is 12.1. The SMILES string of the molecule is COc1c(C(=O)O)cccc1C1CC(CNCCc2ccc(F)c3ccccc23)Oc2ccccc21.Cl. The summed E-state index contributed by atoms with van der Waals surface area (Å²) in [4.78, 5) is 11.8. The molecule has 0 bridgehead atoms. The van der Waals surface area contributed by atoms with Gasteiger partial charge in [-0.3, -0.25) is 0 Å². The number of carboxylic acid groups (broad SMARTS) is 1. The van der Waals surface area contributed by atoms with Crippen molar-refractivity contribution >= 4 is 29.1 Å². The molecular weight excluding hydrogens is 493 g/mol. The van der Waals surface area contributed by atoms with E-state index in [4.69, 9.17) is 9.47 Å². The van der Waals surface area contributed by atoms with Crippen LogP contribution < -0.4 is 14.8 Å². The van der Waals surface area contributed by atoms with Crippen molar-refractivity contribution in [1.82, 2.24) is 5.32 Å². The molecule has 0 aromatic heterocycles. The summed E-state index contributed by atoms with van der Waals surface area (Å²) in [6, 6.07) is 24.1. The zero-order chi connectivity index (χ0) is 25.1. The van der Waals surface area contributed by atoms with E-state index in [1.54, 1.807) is 12.1 Å². The maximum Gasteiger partial charge on any atom is 0.339 e. The lowest BCUT2D eigenvalue weighted by atomic mass is 9.83. The number of hydrogen-bond donors (Lipinski definition) is 2. The summed E-state index contributed by atoms with van der Waals surface area (Å²) in [6.07, 6.45) is 1.35. The normalized spacial score (nSPS) is 16.4. The molecule has 0 amide bonds. The standard InChI is InChI=1S/C30H28FNO4.ClH/c1-35-29-24(10-6-11-25(29)30(33)34)26-17-20(36-28-12-5-4-9-23(26)28)18-32-16-15-19-13-14-27(31)22-8-3-2-7-21(19)22;/h2-14,20,26,32H,15-18H2,1H3,(H,33,34);1H. The van der Waals surface area contributed by atoms with Crippen molar-refractivity contribution in [1.29, 1.82) is 0 Å². The fourth-order valence-corrected chi connectivity index (χ4v) is 5.17. The highest BCUT2D eigenvalue weighted by Crippen LogP contribution is 2.44. The van der Waals surface area contributed by atoms with Gasteiger partial charge in [0.1, 0.15) is 29.0 Å². The fourth-order valence-electron chi connectivity index (χ4n) is 5.17. The molecule has 1 aliphatic heterocycles. The van der Waals surface area contributed by atoms with Gasteiger partial charge in [0.05, 0.1) is 7.11 Å². The molecule has 37 heavy (non-hydrogen) atoms. The monoisotopic (exact) mass is 521 g/mol. The molecule has 0 aliphatic carbocycles. The van der Waals surface area contributed by atoms with Crippen LogP contribution in [0.1, 0.15) is 39.4 Å². The van der Waals surface area contributed by atoms with Gasteiger partial charge >= 0.3 is 5.97 Å². The number of carbonyl (C=O) groups is 1. The number of para-hydroxylation sites is 2. The van der Waals surface area contributed by atoms with E-state index in [-0.39, 0.29) is 35.8 Å². The number of rotatable bonds is 8. The lowest BCUT2D eigenvalue weighted by molar-refractivity contribution is 0.0693. The molecule has 192 valence electrons. The topological polar surface area (TPSA) is 67.8 Å². The first-order chi connectivity index (χ1) is 17.6. The summed E-state index contributed by atoms with van der Waals surface area (Å²) in [5.74, 6) is -0.0860. The van der Waals surface area contributed by atoms with Gasteiger partial charge in [-0.2, -0.15) is 0 Å². The summed E-state index contributed by atoms with van der Waals surface area (Å²) >= 11 is 0. The molecule has 1 heterocycles. The van der Waals surface area contributed by atoms with E-state index < -0.39 is 5.97 Å². The van der Waals surface area contributed by atoms with Crippen molar-refractivity contribution in [2.45, 2.75) is 24.9 Å². The van der Waals surface area contributed by atoms with Crippen LogP contribution in [0.25, 0.3) is 10.8 Å². The Labute approximate surface area is 221 Å². The van der Waals surface area contributed by atoms with Crippen LogP contribution in [0.15, 0.2) is 78.9 Å². The zero-order valence-corrected chi connectivity index (χ0v) is 21.3. The molecule has 2 unspecified atom stereocenters. The number of aromatic carboxylic acids is 1. The van der Waals surface area contributed by atoms with Crippen LogP contribution in [0.4, 0.5) is 4.39 Å². The first-order valence-corrected chi connectivity index (χ1v) is 12.1. The van der Waals surface area contributed by atoms with Crippen molar-refractivity contribution in [3.05, 3.63) is 107 Å². The minimum absolute atomic E-state index is 0. The van der Waals surface area contributed by atoms with Crippen LogP contribution >= 0.6 is 12.4 Å². The first kappa shape index (κ1) is 26.5. The van der Waals surface area contributed by atoms with Crippen molar-refractivity contribution in [2.75, 3.05) is 20.2 Å². The molecular formula is C30H29ClFNO4. The number of halogens is 2. The maximum absolute atomic E-state index is 14.1. The third-order valence-electron chi connectivity index (χ3n) is 6.85. The Hall–Kier alpha value is -3.61. The van der Waals surface area contributed by atoms with Gasteiger partial charge in [0.2, 0.25) is 0 Å². The predicted molar refractivity (Wildman–Crippen MR) is 145 cm³/mol. The summed E-state index contributed by atoms with van der Waals surface area (Å²) in [5, 5.41) is 14.7. The Bertz CT molecular complexity index is 1410. The average molecular weight is 522 g/mol. The third-order valence-corrected chi connectivity index (χ3v) is 6.85. The van der Waals surface area contributed by atoms with Crippen LogP contribution in [0, 0.1) is 5.82 Å². The summed E-state index contributed by atoms with van der Waals surface area (Å²) in [7, 11) is 1.51. The van der Waals surface area contributed by atoms with Crippen LogP contribution in [-0.4, -0.2) is 37.4 Å². The number of methoxy groups -OCH3 is 1. The Morgan fingerprint density at radius 3 is 2.51 bits per heavy atom. The molecule has 0 radical (unpaired) electrons. The minimum atomic E-state index is -1.01. The highest BCUT2D eigenvalue weighted by atomic mass is 35.5. The molecule has 1 aliphatic rings. The zero-order valence-electron chi connectivity index (χ0n) is 20.4. The van der Waals surface area contributed by atoms with Gasteiger partial charge < -0.3 is 19.9 Å². The molecule has 2 N–H and O–H groups in total. The van der Waals surface area contributed by atoms with E-state index in [1.807, 2.05) is 60.7 Å². The molecule has 0 saturated carbocycles. The molecule has 5 nitrogen and oxygen atoms in total. The van der Waals surface area contributed by atoms with Gasteiger partial charge in [-0.1, -0.05) is 60.7 Å². The largest absolute Gasteiger partial charge is 0.496 e. The van der Waals surface area contributed by atoms with Crippen molar-refractivity contribution in [2.24, 2.45) is 0 Å². The lowest BCUT2D eigenvalue weighted by Gasteiger charge is -2.33. The van der Waals surface area contributed by atoms with Gasteiger partial charge in [-0.25, -0.2) is 9.18 Å². The average Bonchev–Trinajstić information content (AvgIpc) is 2.91. The number of nitrogens with one attached hydrogen (secondary N) is 1. The summed E-state index contributed by atoms with van der Waals surface area (Å²) in [5.41, 5.74) is 3.12. The molecule has 0 fully saturated rings. The second kappa shape index (κ2) is 11.6. The molecule has 4 aromatic carbocycles. The lowest BCUT2D eigenvalue weighted by Crippen LogP contribution is -2.36. The Morgan fingerprint density at radius 2 is 1.73 bits per heavy atom. The molecule has 5 rings (SSSR count). The highest BCUT2D eigenvalue weighted by Gasteiger charge is 2.32. The van der Waals surface area contributed by atoms with Gasteiger partial charge in [0.25, 0.3) is 0 Å². The Balaban J connectivity index is 0.00000320. The van der Waals surface area contributed by atoms with E-state index in [0.717, 1.165) is 40.8 Å². The number of hydrogen-bond acceptors (Lipinski definition) is 4. The second-order valence-corrected chi connectivity index (χ2v) is 9.01. The van der Waals surface area contributed by atoms with E-state index >= 15 is 0 Å². The van der Waals surface area contributed by atoms with E-state index in [1.165, 1.54) is 13.2 Å². The molecule has 0 saturated heterocycles. The summed E-state index contributed by atoms with van der Waals surface area (Å²) in [6.45, 7) is 1.35. The van der Waals surface area contributed by atoms with Crippen LogP contribution in [-0.2, 0) is 6.42 Å². The van der Waals surface area contributed by atoms with Gasteiger partial charge in [-0.05, 0) is 48.5 Å². The van der Waals surface area contributed by atoms with E-state index in [9.17, 15) is 14.3 Å². The molecule has 2 atom stereocenters. The van der Waals surface area contributed by atoms with Crippen molar-refractivity contribution in [3.8, 4) is 11.5 Å². The van der Waals surface area contributed by atoms with Crippen LogP contribution in [0.2, 0.25) is 0 Å². The van der Waals surface area contributed by atoms with Crippen molar-refractivity contribution in [3.63, 3.8) is 0 Å². The highest BCUT2D eigenvalue weighted by molar-refractivity contribution is 5.91. The predicted octanol–water partition coefficient (Wildman–Crippen LogP) is 6.22. The molecule has 0 spiro atoms. The van der Waals surface area contributed by atoms with Gasteiger partial charge in [-0.15, -0.1) is 12.4 Å². The molecule has 4 aromatic rings. The Morgan fingerprint density at radius 1 is 1.00 bits per heavy atom. The fraction of sp³-hybridized carbons (Fsp3) is 0.233. The number of benzene rings is 4. The van der Waals surface area contributed by atoms with E-state index in [2.05, 4.69) is 5.32 Å². The van der Waals surface area contributed by atoms with Crippen LogP contribution in [0.5, 0.6) is 11.5 Å². The quantitative estimate of drug-likeness (QED) is 0.269. The third kappa shape index (κ3) is 5.41. The van der Waals surface area contributed by atoms with E-state index in [0.29, 0.717) is 24.1 Å². The van der Waals surface area contributed by atoms with Gasteiger partial charge in [0.15, 0.2) is 0 Å². The van der Waals surface area contributed by atoms with Gasteiger partial charge in [0, 0.05) is 29.0 Å². The number of carboxylic acids is 1. The van der Waals surface area contributed by atoms with Crippen molar-refractivity contribution < 1.29 is 23.8 Å². The Kier molecular flexibility index (Phi) is 8.31. The van der Waals surface area contributed by atoms with Crippen LogP contribution in [0.3, 0.4) is 0 Å². The number of ether oxygens (including phenoxy) is 2. The molecule has 7 heteroatoms. The number of fused-ring (bicyclic) bond motifs is 2.